The molecule has 1 amide bonds. The molecule has 92 valence electrons. The van der Waals surface area contributed by atoms with E-state index in [0.717, 1.165) is 32.5 Å². The van der Waals surface area contributed by atoms with Crippen molar-refractivity contribution >= 4 is 5.91 Å². The van der Waals surface area contributed by atoms with Gasteiger partial charge in [0, 0.05) is 19.5 Å². The monoisotopic (exact) mass is 225 g/mol. The third-order valence-corrected chi connectivity index (χ3v) is 2.60. The number of hydrogen-bond acceptors (Lipinski definition) is 3. The van der Waals surface area contributed by atoms with Crippen LogP contribution in [0.25, 0.3) is 0 Å². The van der Waals surface area contributed by atoms with Crippen molar-refractivity contribution in [3.8, 4) is 6.07 Å². The molecule has 4 nitrogen and oxygen atoms in total. The van der Waals surface area contributed by atoms with Crippen molar-refractivity contribution in [2.75, 3.05) is 33.2 Å². The second kappa shape index (κ2) is 9.17. The SMILES string of the molecule is CCN(CC)C(=O)CN(C)CCCCC#N. The minimum absolute atomic E-state index is 0.188. The van der Waals surface area contributed by atoms with Crippen molar-refractivity contribution in [2.45, 2.75) is 33.1 Å². The van der Waals surface area contributed by atoms with Crippen LogP contribution in [0.3, 0.4) is 0 Å². The molecule has 0 aromatic carbocycles. The van der Waals surface area contributed by atoms with Crippen LogP contribution in [0, 0.1) is 11.3 Å². The average molecular weight is 225 g/mol. The summed E-state index contributed by atoms with van der Waals surface area (Å²) in [6, 6.07) is 2.13. The highest BCUT2D eigenvalue weighted by molar-refractivity contribution is 5.78. The molecule has 16 heavy (non-hydrogen) atoms. The van der Waals surface area contributed by atoms with Crippen LogP contribution in [0.1, 0.15) is 33.1 Å². The van der Waals surface area contributed by atoms with E-state index in [9.17, 15) is 4.79 Å². The molecule has 0 fully saturated rings. The van der Waals surface area contributed by atoms with Crippen molar-refractivity contribution in [3.05, 3.63) is 0 Å². The van der Waals surface area contributed by atoms with Crippen molar-refractivity contribution < 1.29 is 4.79 Å². The molecular formula is C12H23N3O. The summed E-state index contributed by atoms with van der Waals surface area (Å²) in [4.78, 5) is 15.6. The lowest BCUT2D eigenvalue weighted by Gasteiger charge is -2.22. The van der Waals surface area contributed by atoms with E-state index in [-0.39, 0.29) is 5.91 Å². The topological polar surface area (TPSA) is 47.3 Å². The highest BCUT2D eigenvalue weighted by atomic mass is 16.2. The Morgan fingerprint density at radius 2 is 1.88 bits per heavy atom. The number of hydrogen-bond donors (Lipinski definition) is 0. The summed E-state index contributed by atoms with van der Waals surface area (Å²) >= 11 is 0. The number of rotatable bonds is 8. The van der Waals surface area contributed by atoms with Crippen LogP contribution in [-0.4, -0.2) is 48.9 Å². The van der Waals surface area contributed by atoms with Gasteiger partial charge in [0.1, 0.15) is 0 Å². The summed E-state index contributed by atoms with van der Waals surface area (Å²) in [5, 5.41) is 8.39. The summed E-state index contributed by atoms with van der Waals surface area (Å²) in [6.45, 7) is 6.90. The average Bonchev–Trinajstić information content (AvgIpc) is 2.26. The fourth-order valence-electron chi connectivity index (χ4n) is 1.57. The molecular weight excluding hydrogens is 202 g/mol. The maximum absolute atomic E-state index is 11.7. The minimum Gasteiger partial charge on any atom is -0.342 e. The van der Waals surface area contributed by atoms with Crippen molar-refractivity contribution in [1.29, 1.82) is 5.26 Å². The predicted molar refractivity (Wildman–Crippen MR) is 64.9 cm³/mol. The maximum atomic E-state index is 11.7. The second-order valence-corrected chi connectivity index (χ2v) is 3.92. The number of amides is 1. The van der Waals surface area contributed by atoms with Crippen LogP contribution in [0.4, 0.5) is 0 Å². The number of likely N-dealkylation sites (N-methyl/N-ethyl adjacent to an activating group) is 2. The number of nitriles is 1. The summed E-state index contributed by atoms with van der Waals surface area (Å²) in [6.07, 6.45) is 2.51. The molecule has 0 aromatic heterocycles. The van der Waals surface area contributed by atoms with E-state index in [1.54, 1.807) is 0 Å². The van der Waals surface area contributed by atoms with E-state index in [1.807, 2.05) is 30.7 Å². The Hall–Kier alpha value is -1.08. The van der Waals surface area contributed by atoms with Gasteiger partial charge in [-0.1, -0.05) is 0 Å². The molecule has 0 rings (SSSR count). The fraction of sp³-hybridized carbons (Fsp3) is 0.833. The molecule has 0 heterocycles. The van der Waals surface area contributed by atoms with Gasteiger partial charge in [-0.05, 0) is 40.3 Å². The Kier molecular flexibility index (Phi) is 8.55. The van der Waals surface area contributed by atoms with Gasteiger partial charge in [-0.3, -0.25) is 9.69 Å². The van der Waals surface area contributed by atoms with Crippen molar-refractivity contribution in [3.63, 3.8) is 0 Å². The third kappa shape index (κ3) is 6.41. The Labute approximate surface area is 98.8 Å². The van der Waals surface area contributed by atoms with Crippen LogP contribution in [-0.2, 0) is 4.79 Å². The summed E-state index contributed by atoms with van der Waals surface area (Å²) in [5.41, 5.74) is 0. The first-order chi connectivity index (χ1) is 7.65. The van der Waals surface area contributed by atoms with E-state index in [0.29, 0.717) is 13.0 Å². The lowest BCUT2D eigenvalue weighted by molar-refractivity contribution is -0.131. The standard InChI is InChI=1S/C12H23N3O/c1-4-15(5-2)12(16)11-14(3)10-8-6-7-9-13/h4-8,10-11H2,1-3H3. The molecule has 0 aromatic rings. The van der Waals surface area contributed by atoms with E-state index >= 15 is 0 Å². The molecule has 0 spiro atoms. The van der Waals surface area contributed by atoms with Crippen molar-refractivity contribution in [2.24, 2.45) is 0 Å². The Morgan fingerprint density at radius 1 is 1.25 bits per heavy atom. The van der Waals surface area contributed by atoms with Gasteiger partial charge in [-0.25, -0.2) is 0 Å². The lowest BCUT2D eigenvalue weighted by Crippen LogP contribution is -2.39. The van der Waals surface area contributed by atoms with Crippen LogP contribution in [0.5, 0.6) is 0 Å². The molecule has 0 aliphatic carbocycles. The molecule has 0 bridgehead atoms. The van der Waals surface area contributed by atoms with Gasteiger partial charge in [0.15, 0.2) is 0 Å². The second-order valence-electron chi connectivity index (χ2n) is 3.92. The summed E-state index contributed by atoms with van der Waals surface area (Å²) in [5.74, 6) is 0.188. The smallest absolute Gasteiger partial charge is 0.236 e. The van der Waals surface area contributed by atoms with E-state index in [4.69, 9.17) is 5.26 Å². The van der Waals surface area contributed by atoms with E-state index in [2.05, 4.69) is 6.07 Å². The predicted octanol–water partition coefficient (Wildman–Crippen LogP) is 1.48. The van der Waals surface area contributed by atoms with Gasteiger partial charge < -0.3 is 4.90 Å². The first-order valence-corrected chi connectivity index (χ1v) is 5.98. The first kappa shape index (κ1) is 14.9. The lowest BCUT2D eigenvalue weighted by atomic mass is 10.2. The summed E-state index contributed by atoms with van der Waals surface area (Å²) < 4.78 is 0. The van der Waals surface area contributed by atoms with Gasteiger partial charge in [-0.2, -0.15) is 5.26 Å². The zero-order valence-corrected chi connectivity index (χ0v) is 10.7. The quantitative estimate of drug-likeness (QED) is 0.588. The van der Waals surface area contributed by atoms with Crippen LogP contribution in [0.2, 0.25) is 0 Å². The number of carbonyl (C=O) groups is 1. The van der Waals surface area contributed by atoms with Gasteiger partial charge in [0.25, 0.3) is 0 Å². The van der Waals surface area contributed by atoms with E-state index < -0.39 is 0 Å². The molecule has 0 unspecified atom stereocenters. The zero-order chi connectivity index (χ0) is 12.4. The van der Waals surface area contributed by atoms with Crippen molar-refractivity contribution in [1.82, 2.24) is 9.80 Å². The molecule has 4 heteroatoms. The van der Waals surface area contributed by atoms with Gasteiger partial charge in [0.2, 0.25) is 5.91 Å². The van der Waals surface area contributed by atoms with Gasteiger partial charge >= 0.3 is 0 Å². The molecule has 0 saturated carbocycles. The highest BCUT2D eigenvalue weighted by Gasteiger charge is 2.11. The van der Waals surface area contributed by atoms with Crippen LogP contribution >= 0.6 is 0 Å². The number of nitrogens with zero attached hydrogens (tertiary/aromatic N) is 3. The Bertz CT molecular complexity index is 231. The highest BCUT2D eigenvalue weighted by Crippen LogP contribution is 1.98. The van der Waals surface area contributed by atoms with Gasteiger partial charge in [-0.15, -0.1) is 0 Å². The molecule has 0 N–H and O–H groups in total. The molecule has 0 aliphatic rings. The molecule has 0 radical (unpaired) electrons. The molecule has 0 aliphatic heterocycles. The minimum atomic E-state index is 0.188. The summed E-state index contributed by atoms with van der Waals surface area (Å²) in [7, 11) is 1.95. The van der Waals surface area contributed by atoms with Crippen LogP contribution < -0.4 is 0 Å². The fourth-order valence-corrected chi connectivity index (χ4v) is 1.57. The first-order valence-electron chi connectivity index (χ1n) is 5.98. The third-order valence-electron chi connectivity index (χ3n) is 2.60. The van der Waals surface area contributed by atoms with Crippen LogP contribution in [0.15, 0.2) is 0 Å². The maximum Gasteiger partial charge on any atom is 0.236 e. The van der Waals surface area contributed by atoms with E-state index in [1.165, 1.54) is 0 Å². The largest absolute Gasteiger partial charge is 0.342 e. The number of unbranched alkanes of at least 4 members (excludes halogenated alkanes) is 2. The Morgan fingerprint density at radius 3 is 2.38 bits per heavy atom. The molecule has 0 saturated heterocycles. The van der Waals surface area contributed by atoms with Gasteiger partial charge in [0.05, 0.1) is 12.6 Å². The molecule has 0 atom stereocenters. The normalized spacial score (nSPS) is 10.2. The Balaban J connectivity index is 3.73. The number of carbonyl (C=O) groups excluding carboxylic acids is 1. The zero-order valence-electron chi connectivity index (χ0n) is 10.7.